The summed E-state index contributed by atoms with van der Waals surface area (Å²) in [6, 6.07) is 18.5. The minimum Gasteiger partial charge on any atom is -0.238 e. The molecule has 0 fully saturated rings. The molecule has 0 amide bonds. The topological polar surface area (TPSA) is 56.3 Å². The van der Waals surface area contributed by atoms with Gasteiger partial charge >= 0.3 is 6.18 Å². The molecule has 0 saturated carbocycles. The standard InChI is InChI=1S/C28H15F3N4/c1-18-4-6-19(7-5-18)23(16-32)12-22-13-24(17-33)21(15-27(22)35-3)14-26(34-2)20-8-10-25(11-9-20)28(29,30)31/h4-15H,1H3/b23-12+,26-14-. The quantitative estimate of drug-likeness (QED) is 0.224. The van der Waals surface area contributed by atoms with E-state index in [0.717, 1.165) is 17.7 Å². The number of alkyl halides is 3. The van der Waals surface area contributed by atoms with E-state index in [9.17, 15) is 23.7 Å². The number of hydrogen-bond acceptors (Lipinski definition) is 2. The third-order valence-electron chi connectivity index (χ3n) is 5.14. The molecule has 4 nitrogen and oxygen atoms in total. The third-order valence-corrected chi connectivity index (χ3v) is 5.14. The fourth-order valence-corrected chi connectivity index (χ4v) is 3.28. The molecule has 7 heteroatoms. The first-order chi connectivity index (χ1) is 16.7. The Balaban J connectivity index is 2.09. The first kappa shape index (κ1) is 24.5. The molecule has 0 unspecified atom stereocenters. The van der Waals surface area contributed by atoms with Gasteiger partial charge in [-0.1, -0.05) is 54.1 Å². The zero-order valence-corrected chi connectivity index (χ0v) is 18.4. The molecule has 0 heterocycles. The molecule has 0 aliphatic heterocycles. The zero-order valence-electron chi connectivity index (χ0n) is 18.4. The van der Waals surface area contributed by atoms with Gasteiger partial charge in [0.2, 0.25) is 0 Å². The molecule has 0 aromatic heterocycles. The smallest absolute Gasteiger partial charge is 0.238 e. The molecule has 3 aromatic carbocycles. The molecule has 0 aliphatic carbocycles. The third kappa shape index (κ3) is 5.63. The Hall–Kier alpha value is -5.11. The summed E-state index contributed by atoms with van der Waals surface area (Å²) in [5.74, 6) is 0. The highest BCUT2D eigenvalue weighted by Gasteiger charge is 2.30. The fourth-order valence-electron chi connectivity index (χ4n) is 3.28. The second kappa shape index (κ2) is 10.2. The summed E-state index contributed by atoms with van der Waals surface area (Å²) in [5, 5.41) is 19.3. The number of halogens is 3. The van der Waals surface area contributed by atoms with Crippen LogP contribution in [0, 0.1) is 42.7 Å². The van der Waals surface area contributed by atoms with Gasteiger partial charge in [0.25, 0.3) is 0 Å². The van der Waals surface area contributed by atoms with Crippen molar-refractivity contribution in [3.63, 3.8) is 0 Å². The van der Waals surface area contributed by atoms with Crippen LogP contribution in [0.5, 0.6) is 0 Å². The zero-order chi connectivity index (χ0) is 25.6. The van der Waals surface area contributed by atoms with Gasteiger partial charge in [-0.05, 0) is 53.5 Å². The van der Waals surface area contributed by atoms with Crippen molar-refractivity contribution < 1.29 is 13.2 Å². The summed E-state index contributed by atoms with van der Waals surface area (Å²) in [7, 11) is 0. The van der Waals surface area contributed by atoms with Crippen LogP contribution in [0.1, 0.15) is 38.9 Å². The average Bonchev–Trinajstić information content (AvgIpc) is 2.86. The van der Waals surface area contributed by atoms with Crippen molar-refractivity contribution >= 4 is 29.1 Å². The number of hydrogen-bond donors (Lipinski definition) is 0. The van der Waals surface area contributed by atoms with Crippen LogP contribution >= 0.6 is 0 Å². The summed E-state index contributed by atoms with van der Waals surface area (Å²) in [6.07, 6.45) is -1.61. The van der Waals surface area contributed by atoms with Crippen LogP contribution in [0.25, 0.3) is 33.1 Å². The highest BCUT2D eigenvalue weighted by molar-refractivity contribution is 5.94. The minimum atomic E-state index is -4.50. The van der Waals surface area contributed by atoms with Crippen molar-refractivity contribution in [2.75, 3.05) is 0 Å². The van der Waals surface area contributed by atoms with Gasteiger partial charge in [-0.25, -0.2) is 9.69 Å². The Kier molecular flexibility index (Phi) is 7.16. The number of benzene rings is 3. The maximum absolute atomic E-state index is 12.8. The number of nitrogens with zero attached hydrogens (tertiary/aromatic N) is 4. The van der Waals surface area contributed by atoms with Crippen LogP contribution < -0.4 is 0 Å². The largest absolute Gasteiger partial charge is 0.416 e. The Morgan fingerprint density at radius 2 is 1.51 bits per heavy atom. The Morgan fingerprint density at radius 3 is 2.03 bits per heavy atom. The predicted molar refractivity (Wildman–Crippen MR) is 128 cm³/mol. The lowest BCUT2D eigenvalue weighted by atomic mass is 9.97. The first-order valence-corrected chi connectivity index (χ1v) is 10.1. The molecule has 3 aromatic rings. The van der Waals surface area contributed by atoms with Gasteiger partial charge < -0.3 is 0 Å². The molecule has 0 bridgehead atoms. The molecule has 0 atom stereocenters. The van der Waals surface area contributed by atoms with E-state index in [-0.39, 0.29) is 28.1 Å². The molecule has 3 rings (SSSR count). The first-order valence-electron chi connectivity index (χ1n) is 10.1. The van der Waals surface area contributed by atoms with E-state index in [4.69, 9.17) is 13.1 Å². The van der Waals surface area contributed by atoms with E-state index in [1.165, 1.54) is 36.4 Å². The molecule has 0 N–H and O–H groups in total. The molecular formula is C28H15F3N4. The van der Waals surface area contributed by atoms with Crippen molar-refractivity contribution in [1.82, 2.24) is 0 Å². The van der Waals surface area contributed by atoms with Crippen LogP contribution in [0.2, 0.25) is 0 Å². The van der Waals surface area contributed by atoms with Gasteiger partial charge in [-0.15, -0.1) is 0 Å². The van der Waals surface area contributed by atoms with Gasteiger partial charge in [-0.3, -0.25) is 0 Å². The van der Waals surface area contributed by atoms with E-state index in [1.807, 2.05) is 25.1 Å². The van der Waals surface area contributed by atoms with Crippen LogP contribution in [0.4, 0.5) is 18.9 Å². The Labute approximate surface area is 200 Å². The summed E-state index contributed by atoms with van der Waals surface area (Å²) in [6.45, 7) is 16.9. The Bertz CT molecular complexity index is 1500. The summed E-state index contributed by atoms with van der Waals surface area (Å²) < 4.78 is 38.5. The van der Waals surface area contributed by atoms with Gasteiger partial charge in [0.05, 0.1) is 42.0 Å². The van der Waals surface area contributed by atoms with Gasteiger partial charge in [0.15, 0.2) is 11.4 Å². The van der Waals surface area contributed by atoms with Gasteiger partial charge in [-0.2, -0.15) is 23.7 Å². The lowest BCUT2D eigenvalue weighted by molar-refractivity contribution is -0.137. The lowest BCUT2D eigenvalue weighted by Gasteiger charge is -2.08. The predicted octanol–water partition coefficient (Wildman–Crippen LogP) is 7.92. The number of nitriles is 2. The number of aryl methyl sites for hydroxylation is 1. The number of allylic oxidation sites excluding steroid dienone is 1. The Morgan fingerprint density at radius 1 is 0.886 bits per heavy atom. The van der Waals surface area contributed by atoms with Crippen molar-refractivity contribution in [1.29, 1.82) is 10.5 Å². The van der Waals surface area contributed by atoms with Crippen molar-refractivity contribution in [3.8, 4) is 12.1 Å². The van der Waals surface area contributed by atoms with Gasteiger partial charge in [0.1, 0.15) is 0 Å². The second-order valence-electron chi connectivity index (χ2n) is 7.47. The van der Waals surface area contributed by atoms with Crippen LogP contribution in [0.15, 0.2) is 60.7 Å². The molecular weight excluding hydrogens is 449 g/mol. The van der Waals surface area contributed by atoms with E-state index >= 15 is 0 Å². The maximum atomic E-state index is 12.8. The summed E-state index contributed by atoms with van der Waals surface area (Å²) in [4.78, 5) is 6.90. The highest BCUT2D eigenvalue weighted by atomic mass is 19.4. The highest BCUT2D eigenvalue weighted by Crippen LogP contribution is 2.33. The van der Waals surface area contributed by atoms with E-state index in [2.05, 4.69) is 15.8 Å². The monoisotopic (exact) mass is 464 g/mol. The fraction of sp³-hybridized carbons (Fsp3) is 0.0714. The van der Waals surface area contributed by atoms with Crippen molar-refractivity contribution in [2.45, 2.75) is 13.1 Å². The minimum absolute atomic E-state index is 0.0202. The SMILES string of the molecule is [C-]#[N+]/C(=C\c1cc([N+]#[C-])c(/C=C(\C#N)c2ccc(C)cc2)cc1C#N)c1ccc(C(F)(F)F)cc1. The normalized spacial score (nSPS) is 11.7. The van der Waals surface area contributed by atoms with E-state index < -0.39 is 11.7 Å². The average molecular weight is 464 g/mol. The molecule has 0 saturated heterocycles. The van der Waals surface area contributed by atoms with Crippen molar-refractivity contribution in [3.05, 3.63) is 122 Å². The maximum Gasteiger partial charge on any atom is 0.416 e. The van der Waals surface area contributed by atoms with E-state index in [0.29, 0.717) is 16.7 Å². The molecule has 35 heavy (non-hydrogen) atoms. The molecule has 168 valence electrons. The van der Waals surface area contributed by atoms with E-state index in [1.54, 1.807) is 12.1 Å². The summed E-state index contributed by atoms with van der Waals surface area (Å²) in [5.41, 5.74) is 2.38. The molecule has 0 radical (unpaired) electrons. The molecule has 0 aliphatic rings. The summed E-state index contributed by atoms with van der Waals surface area (Å²) >= 11 is 0. The van der Waals surface area contributed by atoms with Crippen molar-refractivity contribution in [2.24, 2.45) is 0 Å². The molecule has 0 spiro atoms. The van der Waals surface area contributed by atoms with Crippen LogP contribution in [-0.4, -0.2) is 0 Å². The van der Waals surface area contributed by atoms with Gasteiger partial charge in [0, 0.05) is 0 Å². The second-order valence-corrected chi connectivity index (χ2v) is 7.47. The lowest BCUT2D eigenvalue weighted by Crippen LogP contribution is -2.04. The van der Waals surface area contributed by atoms with Crippen LogP contribution in [-0.2, 0) is 6.18 Å². The van der Waals surface area contributed by atoms with Crippen LogP contribution in [0.3, 0.4) is 0 Å². The number of rotatable bonds is 4.